The molecule has 0 aromatic rings. The summed E-state index contributed by atoms with van der Waals surface area (Å²) in [4.78, 5) is 23.5. The molecule has 0 saturated heterocycles. The minimum Gasteiger partial charge on any atom is -0.447 e. The fourth-order valence-electron chi connectivity index (χ4n) is 3.71. The zero-order valence-electron chi connectivity index (χ0n) is 22.6. The van der Waals surface area contributed by atoms with E-state index in [1.807, 2.05) is 0 Å². The maximum atomic E-state index is 11.8. The summed E-state index contributed by atoms with van der Waals surface area (Å²) < 4.78 is 10.2. The van der Waals surface area contributed by atoms with Crippen molar-refractivity contribution in [2.45, 2.75) is 142 Å². The number of alkyl carbamates (subject to hydrolysis) is 2. The van der Waals surface area contributed by atoms with E-state index in [1.165, 1.54) is 89.9 Å². The molecule has 1 atom stereocenters. The molecule has 7 heteroatoms. The smallest absolute Gasteiger partial charge is 0.408 e. The minimum atomic E-state index is -0.698. The van der Waals surface area contributed by atoms with Gasteiger partial charge in [-0.1, -0.05) is 103 Å². The molecule has 3 N–H and O–H groups in total. The van der Waals surface area contributed by atoms with Crippen LogP contribution in [0.4, 0.5) is 9.59 Å². The van der Waals surface area contributed by atoms with E-state index in [9.17, 15) is 14.7 Å². The van der Waals surface area contributed by atoms with Crippen molar-refractivity contribution in [1.29, 1.82) is 0 Å². The first-order chi connectivity index (χ1) is 16.3. The first-order valence-electron chi connectivity index (χ1n) is 13.8. The molecule has 0 heterocycles. The fourth-order valence-corrected chi connectivity index (χ4v) is 3.71. The molecule has 1 unspecified atom stereocenters. The van der Waals surface area contributed by atoms with Crippen molar-refractivity contribution in [2.24, 2.45) is 0 Å². The number of ether oxygens (including phenoxy) is 2. The predicted octanol–water partition coefficient (Wildman–Crippen LogP) is 6.86. The molecule has 0 aliphatic rings. The van der Waals surface area contributed by atoms with Crippen LogP contribution in [0.15, 0.2) is 0 Å². The van der Waals surface area contributed by atoms with E-state index in [1.54, 1.807) is 20.8 Å². The number of hydrogen-bond acceptors (Lipinski definition) is 5. The molecule has 0 bridgehead atoms. The van der Waals surface area contributed by atoms with E-state index in [-0.39, 0.29) is 13.2 Å². The summed E-state index contributed by atoms with van der Waals surface area (Å²) in [7, 11) is 0. The molecule has 0 aromatic carbocycles. The number of nitrogens with one attached hydrogen (secondary N) is 2. The third-order valence-corrected chi connectivity index (χ3v) is 5.66. The van der Waals surface area contributed by atoms with Crippen LogP contribution in [0.3, 0.4) is 0 Å². The number of rotatable bonds is 21. The van der Waals surface area contributed by atoms with Crippen LogP contribution in [0, 0.1) is 0 Å². The highest BCUT2D eigenvalue weighted by atomic mass is 16.6. The van der Waals surface area contributed by atoms with Gasteiger partial charge in [0.05, 0.1) is 12.6 Å². The van der Waals surface area contributed by atoms with Gasteiger partial charge in [0.2, 0.25) is 0 Å². The van der Waals surface area contributed by atoms with E-state index in [4.69, 9.17) is 9.47 Å². The second-order valence-electron chi connectivity index (χ2n) is 10.4. The van der Waals surface area contributed by atoms with Crippen molar-refractivity contribution < 1.29 is 24.2 Å². The van der Waals surface area contributed by atoms with Crippen LogP contribution in [0.1, 0.15) is 130 Å². The molecule has 0 radical (unpaired) electrons. The lowest BCUT2D eigenvalue weighted by Gasteiger charge is -2.22. The standard InChI is InChI=1S/C27H54N2O5/c1-5-6-7-8-9-10-11-12-13-14-15-16-17-18-19-20-21-28-25(31)33-23-24(22-30)29-26(32)34-27(2,3)4/h24,30H,5-23H2,1-4H3,(H,28,31)(H,29,32). The largest absolute Gasteiger partial charge is 0.447 e. The number of carbonyl (C=O) groups excluding carboxylic acids is 2. The first-order valence-corrected chi connectivity index (χ1v) is 13.8. The third-order valence-electron chi connectivity index (χ3n) is 5.66. The normalized spacial score (nSPS) is 12.3. The van der Waals surface area contributed by atoms with Crippen molar-refractivity contribution in [3.63, 3.8) is 0 Å². The Kier molecular flexibility index (Phi) is 21.0. The Labute approximate surface area is 209 Å². The summed E-state index contributed by atoms with van der Waals surface area (Å²) in [5, 5.41) is 14.5. The third kappa shape index (κ3) is 23.7. The predicted molar refractivity (Wildman–Crippen MR) is 139 cm³/mol. The summed E-state index contributed by atoms with van der Waals surface area (Å²) >= 11 is 0. The number of aliphatic hydroxyl groups is 1. The quantitative estimate of drug-likeness (QED) is 0.154. The SMILES string of the molecule is CCCCCCCCCCCCCCCCCCNC(=O)OCC(CO)NC(=O)OC(C)(C)C. The zero-order valence-corrected chi connectivity index (χ0v) is 22.6. The summed E-state index contributed by atoms with van der Waals surface area (Å²) in [5.74, 6) is 0. The first kappa shape index (κ1) is 32.5. The van der Waals surface area contributed by atoms with Gasteiger partial charge in [-0.15, -0.1) is 0 Å². The molecule has 2 amide bonds. The van der Waals surface area contributed by atoms with Gasteiger partial charge in [-0.3, -0.25) is 0 Å². The molecule has 0 aliphatic carbocycles. The van der Waals surface area contributed by atoms with Gasteiger partial charge < -0.3 is 25.2 Å². The van der Waals surface area contributed by atoms with Gasteiger partial charge in [-0.05, 0) is 27.2 Å². The molecular weight excluding hydrogens is 432 g/mol. The number of amides is 2. The maximum Gasteiger partial charge on any atom is 0.408 e. The minimum absolute atomic E-state index is 0.111. The Bertz CT molecular complexity index is 494. The lowest BCUT2D eigenvalue weighted by molar-refractivity contribution is 0.0434. The van der Waals surface area contributed by atoms with E-state index in [0.29, 0.717) is 6.54 Å². The molecule has 0 fully saturated rings. The Morgan fingerprint density at radius 1 is 0.735 bits per heavy atom. The molecule has 7 nitrogen and oxygen atoms in total. The van der Waals surface area contributed by atoms with Crippen LogP contribution >= 0.6 is 0 Å². The van der Waals surface area contributed by atoms with Crippen molar-refractivity contribution in [1.82, 2.24) is 10.6 Å². The van der Waals surface area contributed by atoms with Crippen LogP contribution in [0.5, 0.6) is 0 Å². The number of hydrogen-bond donors (Lipinski definition) is 3. The van der Waals surface area contributed by atoms with Gasteiger partial charge >= 0.3 is 12.2 Å². The zero-order chi connectivity index (χ0) is 25.5. The van der Waals surface area contributed by atoms with Gasteiger partial charge in [-0.2, -0.15) is 0 Å². The summed E-state index contributed by atoms with van der Waals surface area (Å²) in [6, 6.07) is -0.698. The lowest BCUT2D eigenvalue weighted by Crippen LogP contribution is -2.44. The van der Waals surface area contributed by atoms with Gasteiger partial charge in [0, 0.05) is 6.54 Å². The summed E-state index contributed by atoms with van der Waals surface area (Å²) in [6.07, 6.45) is 19.9. The van der Waals surface area contributed by atoms with Crippen LogP contribution in [0.25, 0.3) is 0 Å². The second kappa shape index (κ2) is 22.0. The van der Waals surface area contributed by atoms with E-state index in [2.05, 4.69) is 17.6 Å². The van der Waals surface area contributed by atoms with Gasteiger partial charge in [0.15, 0.2) is 0 Å². The maximum absolute atomic E-state index is 11.8. The van der Waals surface area contributed by atoms with Crippen molar-refractivity contribution in [2.75, 3.05) is 19.8 Å². The van der Waals surface area contributed by atoms with Crippen LogP contribution in [-0.4, -0.2) is 48.7 Å². The monoisotopic (exact) mass is 486 g/mol. The van der Waals surface area contributed by atoms with E-state index >= 15 is 0 Å². The molecule has 0 aliphatic heterocycles. The number of carbonyl (C=O) groups is 2. The molecular formula is C27H54N2O5. The van der Waals surface area contributed by atoms with Crippen molar-refractivity contribution >= 4 is 12.2 Å². The number of unbranched alkanes of at least 4 members (excludes halogenated alkanes) is 15. The topological polar surface area (TPSA) is 96.9 Å². The fraction of sp³-hybridized carbons (Fsp3) is 0.926. The van der Waals surface area contributed by atoms with E-state index in [0.717, 1.165) is 12.8 Å². The highest BCUT2D eigenvalue weighted by molar-refractivity contribution is 5.69. The van der Waals surface area contributed by atoms with Gasteiger partial charge in [0.25, 0.3) is 0 Å². The second-order valence-corrected chi connectivity index (χ2v) is 10.4. The number of aliphatic hydroxyl groups excluding tert-OH is 1. The van der Waals surface area contributed by atoms with Crippen molar-refractivity contribution in [3.8, 4) is 0 Å². The molecule has 0 saturated carbocycles. The van der Waals surface area contributed by atoms with E-state index < -0.39 is 23.8 Å². The lowest BCUT2D eigenvalue weighted by atomic mass is 10.0. The molecule has 0 aromatic heterocycles. The van der Waals surface area contributed by atoms with Crippen LogP contribution < -0.4 is 10.6 Å². The van der Waals surface area contributed by atoms with Crippen LogP contribution in [-0.2, 0) is 9.47 Å². The van der Waals surface area contributed by atoms with Gasteiger partial charge in [0.1, 0.15) is 12.2 Å². The average molecular weight is 487 g/mol. The van der Waals surface area contributed by atoms with Crippen LogP contribution in [0.2, 0.25) is 0 Å². The Morgan fingerprint density at radius 2 is 1.18 bits per heavy atom. The Hall–Kier alpha value is -1.50. The highest BCUT2D eigenvalue weighted by Crippen LogP contribution is 2.13. The van der Waals surface area contributed by atoms with Gasteiger partial charge in [-0.25, -0.2) is 9.59 Å². The Morgan fingerprint density at radius 3 is 1.59 bits per heavy atom. The molecule has 0 rings (SSSR count). The average Bonchev–Trinajstić information content (AvgIpc) is 2.77. The summed E-state index contributed by atoms with van der Waals surface area (Å²) in [5.41, 5.74) is -0.630. The summed E-state index contributed by atoms with van der Waals surface area (Å²) in [6.45, 7) is 7.65. The van der Waals surface area contributed by atoms with Crippen molar-refractivity contribution in [3.05, 3.63) is 0 Å². The highest BCUT2D eigenvalue weighted by Gasteiger charge is 2.20. The molecule has 34 heavy (non-hydrogen) atoms. The molecule has 202 valence electrons. The Balaban J connectivity index is 3.46. The molecule has 0 spiro atoms.